The van der Waals surface area contributed by atoms with E-state index in [1.807, 2.05) is 6.92 Å². The van der Waals surface area contributed by atoms with E-state index in [4.69, 9.17) is 5.84 Å². The zero-order valence-corrected chi connectivity index (χ0v) is 11.6. The fourth-order valence-electron chi connectivity index (χ4n) is 2.73. The highest BCUT2D eigenvalue weighted by molar-refractivity contribution is 7.09. The zero-order chi connectivity index (χ0) is 12.3. The number of nitrogens with zero attached hydrogens (tertiary/aromatic N) is 1. The summed E-state index contributed by atoms with van der Waals surface area (Å²) in [6, 6.07) is 0.396. The van der Waals surface area contributed by atoms with E-state index in [1.165, 1.54) is 30.7 Å². The monoisotopic (exact) mass is 253 g/mol. The van der Waals surface area contributed by atoms with Crippen LogP contribution in [0, 0.1) is 18.8 Å². The predicted molar refractivity (Wildman–Crippen MR) is 72.8 cm³/mol. The molecular weight excluding hydrogens is 230 g/mol. The summed E-state index contributed by atoms with van der Waals surface area (Å²) in [5.74, 6) is 7.34. The zero-order valence-electron chi connectivity index (χ0n) is 10.8. The number of hydrogen-bond acceptors (Lipinski definition) is 4. The van der Waals surface area contributed by atoms with Crippen LogP contribution in [0.1, 0.15) is 43.3 Å². The first-order chi connectivity index (χ1) is 8.19. The number of thiazole rings is 1. The van der Waals surface area contributed by atoms with Gasteiger partial charge in [-0.1, -0.05) is 19.8 Å². The van der Waals surface area contributed by atoms with Crippen LogP contribution in [-0.4, -0.2) is 11.0 Å². The molecule has 1 atom stereocenters. The molecule has 3 nitrogen and oxygen atoms in total. The minimum absolute atomic E-state index is 0.396. The minimum Gasteiger partial charge on any atom is -0.271 e. The molecule has 3 N–H and O–H groups in total. The van der Waals surface area contributed by atoms with E-state index < -0.39 is 0 Å². The molecule has 0 aliphatic heterocycles. The third kappa shape index (κ3) is 3.50. The summed E-state index contributed by atoms with van der Waals surface area (Å²) in [5.41, 5.74) is 4.13. The topological polar surface area (TPSA) is 50.9 Å². The van der Waals surface area contributed by atoms with Crippen molar-refractivity contribution in [2.45, 2.75) is 52.0 Å². The average Bonchev–Trinajstić information content (AvgIpc) is 2.73. The number of hydrazine groups is 1. The van der Waals surface area contributed by atoms with Gasteiger partial charge in [-0.05, 0) is 31.6 Å². The first-order valence-electron chi connectivity index (χ1n) is 6.56. The van der Waals surface area contributed by atoms with Crippen molar-refractivity contribution >= 4 is 11.3 Å². The van der Waals surface area contributed by atoms with Crippen molar-refractivity contribution in [1.82, 2.24) is 10.4 Å². The van der Waals surface area contributed by atoms with Gasteiger partial charge < -0.3 is 0 Å². The summed E-state index contributed by atoms with van der Waals surface area (Å²) < 4.78 is 0. The molecule has 0 radical (unpaired) electrons. The number of nitrogens with two attached hydrogens (primary N) is 1. The third-order valence-corrected chi connectivity index (χ3v) is 4.89. The van der Waals surface area contributed by atoms with Gasteiger partial charge in [-0.25, -0.2) is 4.98 Å². The fraction of sp³-hybridized carbons (Fsp3) is 0.769. The van der Waals surface area contributed by atoms with E-state index in [9.17, 15) is 0 Å². The molecule has 1 aromatic heterocycles. The maximum atomic E-state index is 5.72. The summed E-state index contributed by atoms with van der Waals surface area (Å²) in [4.78, 5) is 4.53. The Morgan fingerprint density at radius 1 is 1.47 bits per heavy atom. The molecule has 17 heavy (non-hydrogen) atoms. The Morgan fingerprint density at radius 3 is 2.71 bits per heavy atom. The van der Waals surface area contributed by atoms with Crippen LogP contribution in [0.5, 0.6) is 0 Å². The lowest BCUT2D eigenvalue weighted by Crippen LogP contribution is -2.43. The Kier molecular flexibility index (Phi) is 4.54. The summed E-state index contributed by atoms with van der Waals surface area (Å²) in [7, 11) is 0. The number of aromatic nitrogens is 1. The second kappa shape index (κ2) is 5.94. The lowest BCUT2D eigenvalue weighted by atomic mass is 9.78. The average molecular weight is 253 g/mol. The number of nitrogens with one attached hydrogen (secondary N) is 1. The molecule has 1 aromatic rings. The van der Waals surface area contributed by atoms with Crippen molar-refractivity contribution in [3.63, 3.8) is 0 Å². The van der Waals surface area contributed by atoms with Crippen LogP contribution < -0.4 is 11.3 Å². The van der Waals surface area contributed by atoms with Gasteiger partial charge in [0.25, 0.3) is 0 Å². The highest BCUT2D eigenvalue weighted by Gasteiger charge is 2.26. The van der Waals surface area contributed by atoms with Crippen LogP contribution in [0.4, 0.5) is 0 Å². The first kappa shape index (κ1) is 13.0. The fourth-order valence-corrected chi connectivity index (χ4v) is 3.57. The second-order valence-electron chi connectivity index (χ2n) is 5.38. The molecule has 1 aliphatic rings. The molecule has 1 saturated carbocycles. The van der Waals surface area contributed by atoms with E-state index in [0.717, 1.165) is 24.0 Å². The van der Waals surface area contributed by atoms with E-state index >= 15 is 0 Å². The van der Waals surface area contributed by atoms with Gasteiger partial charge in [0.05, 0.1) is 5.01 Å². The highest BCUT2D eigenvalue weighted by Crippen LogP contribution is 2.31. The number of aryl methyl sites for hydroxylation is 1. The minimum atomic E-state index is 0.396. The SMILES string of the molecule is Cc1csc(CC(NN)C2CCC(C)CC2)n1. The Bertz CT molecular complexity index is 342. The lowest BCUT2D eigenvalue weighted by molar-refractivity contribution is 0.229. The van der Waals surface area contributed by atoms with Gasteiger partial charge in [-0.15, -0.1) is 11.3 Å². The van der Waals surface area contributed by atoms with Gasteiger partial charge in [-0.2, -0.15) is 0 Å². The molecule has 0 spiro atoms. The molecule has 1 unspecified atom stereocenters. The van der Waals surface area contributed by atoms with Crippen molar-refractivity contribution in [3.8, 4) is 0 Å². The lowest BCUT2D eigenvalue weighted by Gasteiger charge is -2.32. The summed E-state index contributed by atoms with van der Waals surface area (Å²) in [6.07, 6.45) is 6.29. The molecule has 1 fully saturated rings. The van der Waals surface area contributed by atoms with Crippen molar-refractivity contribution < 1.29 is 0 Å². The van der Waals surface area contributed by atoms with E-state index in [1.54, 1.807) is 11.3 Å². The van der Waals surface area contributed by atoms with E-state index in [2.05, 4.69) is 22.7 Å². The van der Waals surface area contributed by atoms with Crippen LogP contribution in [-0.2, 0) is 6.42 Å². The molecule has 4 heteroatoms. The van der Waals surface area contributed by atoms with Crippen LogP contribution in [0.15, 0.2) is 5.38 Å². The molecule has 1 heterocycles. The molecule has 2 rings (SSSR count). The highest BCUT2D eigenvalue weighted by atomic mass is 32.1. The smallest absolute Gasteiger partial charge is 0.0944 e. The van der Waals surface area contributed by atoms with Gasteiger partial charge in [0.15, 0.2) is 0 Å². The largest absolute Gasteiger partial charge is 0.271 e. The first-order valence-corrected chi connectivity index (χ1v) is 7.44. The van der Waals surface area contributed by atoms with Crippen molar-refractivity contribution in [2.75, 3.05) is 0 Å². The van der Waals surface area contributed by atoms with Crippen molar-refractivity contribution in [2.24, 2.45) is 17.7 Å². The Morgan fingerprint density at radius 2 is 2.18 bits per heavy atom. The van der Waals surface area contributed by atoms with Crippen LogP contribution >= 0.6 is 11.3 Å². The predicted octanol–water partition coefficient (Wildman–Crippen LogP) is 2.65. The molecule has 1 aliphatic carbocycles. The van der Waals surface area contributed by atoms with Gasteiger partial charge in [0.2, 0.25) is 0 Å². The van der Waals surface area contributed by atoms with Gasteiger partial charge in [0.1, 0.15) is 0 Å². The summed E-state index contributed by atoms with van der Waals surface area (Å²) in [6.45, 7) is 4.40. The number of hydrogen-bond donors (Lipinski definition) is 2. The van der Waals surface area contributed by atoms with Crippen LogP contribution in [0.25, 0.3) is 0 Å². The summed E-state index contributed by atoms with van der Waals surface area (Å²) >= 11 is 1.75. The third-order valence-electron chi connectivity index (χ3n) is 3.90. The molecule has 0 saturated heterocycles. The summed E-state index contributed by atoms with van der Waals surface area (Å²) in [5, 5.41) is 3.33. The Hall–Kier alpha value is -0.450. The van der Waals surface area contributed by atoms with Crippen LogP contribution in [0.3, 0.4) is 0 Å². The Labute approximate surface area is 108 Å². The van der Waals surface area contributed by atoms with Crippen molar-refractivity contribution in [1.29, 1.82) is 0 Å². The van der Waals surface area contributed by atoms with E-state index in [0.29, 0.717) is 6.04 Å². The van der Waals surface area contributed by atoms with Gasteiger partial charge >= 0.3 is 0 Å². The molecule has 0 aromatic carbocycles. The van der Waals surface area contributed by atoms with Gasteiger partial charge in [-0.3, -0.25) is 11.3 Å². The molecular formula is C13H23N3S. The maximum absolute atomic E-state index is 5.72. The standard InChI is InChI=1S/C13H23N3S/c1-9-3-5-11(6-4-9)12(16-14)7-13-15-10(2)8-17-13/h8-9,11-12,16H,3-7,14H2,1-2H3. The normalized spacial score (nSPS) is 27.0. The Balaban J connectivity index is 1.92. The maximum Gasteiger partial charge on any atom is 0.0944 e. The van der Waals surface area contributed by atoms with Gasteiger partial charge in [0, 0.05) is 23.5 Å². The van der Waals surface area contributed by atoms with Crippen molar-refractivity contribution in [3.05, 3.63) is 16.1 Å². The molecule has 96 valence electrons. The molecule has 0 bridgehead atoms. The second-order valence-corrected chi connectivity index (χ2v) is 6.32. The van der Waals surface area contributed by atoms with Crippen LogP contribution in [0.2, 0.25) is 0 Å². The quantitative estimate of drug-likeness (QED) is 0.640. The van der Waals surface area contributed by atoms with E-state index in [-0.39, 0.29) is 0 Å². The number of rotatable bonds is 4. The molecule has 0 amide bonds.